The fourth-order valence-electron chi connectivity index (χ4n) is 2.17. The van der Waals surface area contributed by atoms with E-state index in [1.54, 1.807) is 0 Å². The average Bonchev–Trinajstić information content (AvgIpc) is 3.21. The molecule has 1 aliphatic rings. The van der Waals surface area contributed by atoms with Crippen LogP contribution in [-0.2, 0) is 11.2 Å². The molecule has 1 aliphatic carbocycles. The van der Waals surface area contributed by atoms with Gasteiger partial charge in [-0.05, 0) is 56.8 Å². The standard InChI is InChI=1S/C16H26N2O/c1-18(11-12-19-13-14-8-9-14)10-4-6-15-5-2-3-7-16(15)17/h2-3,5,7,14H,4,6,8-13,17H2,1H3. The van der Waals surface area contributed by atoms with E-state index in [4.69, 9.17) is 10.5 Å². The largest absolute Gasteiger partial charge is 0.399 e. The Kier molecular flexibility index (Phi) is 5.67. The number of aryl methyl sites for hydroxylation is 1. The van der Waals surface area contributed by atoms with Crippen LogP contribution in [-0.4, -0.2) is 38.3 Å². The second-order valence-electron chi connectivity index (χ2n) is 5.62. The molecule has 3 heteroatoms. The van der Waals surface area contributed by atoms with Crippen molar-refractivity contribution in [1.82, 2.24) is 4.90 Å². The van der Waals surface area contributed by atoms with Crippen LogP contribution in [0.1, 0.15) is 24.8 Å². The number of nitrogens with zero attached hydrogens (tertiary/aromatic N) is 1. The highest BCUT2D eigenvalue weighted by atomic mass is 16.5. The van der Waals surface area contributed by atoms with Gasteiger partial charge in [-0.2, -0.15) is 0 Å². The third-order valence-electron chi connectivity index (χ3n) is 3.71. The van der Waals surface area contributed by atoms with Crippen LogP contribution in [0.2, 0.25) is 0 Å². The zero-order valence-corrected chi connectivity index (χ0v) is 12.0. The van der Waals surface area contributed by atoms with Gasteiger partial charge in [0.2, 0.25) is 0 Å². The fraction of sp³-hybridized carbons (Fsp3) is 0.625. The molecular weight excluding hydrogens is 236 g/mol. The molecule has 0 unspecified atom stereocenters. The van der Waals surface area contributed by atoms with Crippen LogP contribution < -0.4 is 5.73 Å². The smallest absolute Gasteiger partial charge is 0.0593 e. The lowest BCUT2D eigenvalue weighted by Gasteiger charge is -2.16. The first-order valence-electron chi connectivity index (χ1n) is 7.35. The normalized spacial score (nSPS) is 15.1. The number of ether oxygens (including phenoxy) is 1. The monoisotopic (exact) mass is 262 g/mol. The molecular formula is C16H26N2O. The molecule has 0 atom stereocenters. The number of nitrogens with two attached hydrogens (primary N) is 1. The quantitative estimate of drug-likeness (QED) is 0.549. The molecule has 0 saturated heterocycles. The predicted molar refractivity (Wildman–Crippen MR) is 80.2 cm³/mol. The van der Waals surface area contributed by atoms with Crippen LogP contribution in [0.4, 0.5) is 5.69 Å². The summed E-state index contributed by atoms with van der Waals surface area (Å²) in [5.41, 5.74) is 8.12. The zero-order chi connectivity index (χ0) is 13.5. The minimum atomic E-state index is 0.862. The van der Waals surface area contributed by atoms with E-state index < -0.39 is 0 Å². The van der Waals surface area contributed by atoms with Gasteiger partial charge in [0.15, 0.2) is 0 Å². The van der Waals surface area contributed by atoms with E-state index in [2.05, 4.69) is 24.1 Å². The van der Waals surface area contributed by atoms with Crippen molar-refractivity contribution in [3.05, 3.63) is 29.8 Å². The van der Waals surface area contributed by atoms with Crippen molar-refractivity contribution < 1.29 is 4.74 Å². The lowest BCUT2D eigenvalue weighted by atomic mass is 10.1. The van der Waals surface area contributed by atoms with Gasteiger partial charge in [-0.1, -0.05) is 18.2 Å². The number of rotatable bonds is 9. The highest BCUT2D eigenvalue weighted by molar-refractivity contribution is 5.46. The maximum absolute atomic E-state index is 5.94. The van der Waals surface area contributed by atoms with Gasteiger partial charge in [0, 0.05) is 18.8 Å². The zero-order valence-electron chi connectivity index (χ0n) is 12.0. The summed E-state index contributed by atoms with van der Waals surface area (Å²) in [4.78, 5) is 2.34. The molecule has 0 aromatic heterocycles. The summed E-state index contributed by atoms with van der Waals surface area (Å²) in [7, 11) is 2.16. The molecule has 1 aromatic carbocycles. The first-order chi connectivity index (χ1) is 9.25. The minimum absolute atomic E-state index is 0.862. The first kappa shape index (κ1) is 14.4. The molecule has 0 heterocycles. The molecule has 19 heavy (non-hydrogen) atoms. The topological polar surface area (TPSA) is 38.5 Å². The Bertz CT molecular complexity index is 377. The first-order valence-corrected chi connectivity index (χ1v) is 7.35. The summed E-state index contributed by atoms with van der Waals surface area (Å²) in [5, 5.41) is 0. The Morgan fingerprint density at radius 2 is 2.05 bits per heavy atom. The number of likely N-dealkylation sites (N-methyl/N-ethyl adjacent to an activating group) is 1. The van der Waals surface area contributed by atoms with Crippen LogP contribution in [0.15, 0.2) is 24.3 Å². The molecule has 0 amide bonds. The fourth-order valence-corrected chi connectivity index (χ4v) is 2.17. The lowest BCUT2D eigenvalue weighted by molar-refractivity contribution is 0.103. The lowest BCUT2D eigenvalue weighted by Crippen LogP contribution is -2.25. The predicted octanol–water partition coefficient (Wildman–Crippen LogP) is 2.56. The molecule has 106 valence electrons. The van der Waals surface area contributed by atoms with Crippen molar-refractivity contribution >= 4 is 5.69 Å². The summed E-state index contributed by atoms with van der Waals surface area (Å²) in [6, 6.07) is 8.14. The van der Waals surface area contributed by atoms with Crippen molar-refractivity contribution in [2.75, 3.05) is 39.1 Å². The highest BCUT2D eigenvalue weighted by Gasteiger charge is 2.20. The highest BCUT2D eigenvalue weighted by Crippen LogP contribution is 2.28. The van der Waals surface area contributed by atoms with E-state index >= 15 is 0 Å². The van der Waals surface area contributed by atoms with Gasteiger partial charge in [-0.25, -0.2) is 0 Å². The molecule has 1 saturated carbocycles. The number of hydrogen-bond acceptors (Lipinski definition) is 3. The van der Waals surface area contributed by atoms with Crippen molar-refractivity contribution in [2.45, 2.75) is 25.7 Å². The molecule has 0 bridgehead atoms. The molecule has 2 N–H and O–H groups in total. The van der Waals surface area contributed by atoms with Gasteiger partial charge in [-0.3, -0.25) is 0 Å². The number of benzene rings is 1. The van der Waals surface area contributed by atoms with Crippen LogP contribution >= 0.6 is 0 Å². The van der Waals surface area contributed by atoms with Gasteiger partial charge in [0.05, 0.1) is 6.61 Å². The van der Waals surface area contributed by atoms with E-state index in [1.165, 1.54) is 18.4 Å². The number of anilines is 1. The number of para-hydroxylation sites is 1. The van der Waals surface area contributed by atoms with E-state index in [1.807, 2.05) is 12.1 Å². The summed E-state index contributed by atoms with van der Waals surface area (Å²) >= 11 is 0. The molecule has 0 radical (unpaired) electrons. The molecule has 0 spiro atoms. The minimum Gasteiger partial charge on any atom is -0.399 e. The van der Waals surface area contributed by atoms with Crippen LogP contribution in [0.3, 0.4) is 0 Å². The van der Waals surface area contributed by atoms with Crippen molar-refractivity contribution in [3.8, 4) is 0 Å². The molecule has 1 fully saturated rings. The Labute approximate surface area is 116 Å². The van der Waals surface area contributed by atoms with Crippen LogP contribution in [0, 0.1) is 5.92 Å². The van der Waals surface area contributed by atoms with Gasteiger partial charge in [0.25, 0.3) is 0 Å². The van der Waals surface area contributed by atoms with Gasteiger partial charge in [-0.15, -0.1) is 0 Å². The second kappa shape index (κ2) is 7.51. The van der Waals surface area contributed by atoms with Crippen LogP contribution in [0.5, 0.6) is 0 Å². The van der Waals surface area contributed by atoms with Gasteiger partial charge >= 0.3 is 0 Å². The Morgan fingerprint density at radius 3 is 2.79 bits per heavy atom. The van der Waals surface area contributed by atoms with Crippen molar-refractivity contribution in [1.29, 1.82) is 0 Å². The number of nitrogen functional groups attached to an aromatic ring is 1. The molecule has 3 nitrogen and oxygen atoms in total. The van der Waals surface area contributed by atoms with E-state index in [-0.39, 0.29) is 0 Å². The summed E-state index contributed by atoms with van der Waals surface area (Å²) < 4.78 is 5.65. The second-order valence-corrected chi connectivity index (χ2v) is 5.62. The maximum Gasteiger partial charge on any atom is 0.0593 e. The van der Waals surface area contributed by atoms with E-state index in [0.29, 0.717) is 0 Å². The molecule has 0 aliphatic heterocycles. The van der Waals surface area contributed by atoms with Crippen LogP contribution in [0.25, 0.3) is 0 Å². The summed E-state index contributed by atoms with van der Waals surface area (Å²) in [5.74, 6) is 0.867. The average molecular weight is 262 g/mol. The molecule has 2 rings (SSSR count). The maximum atomic E-state index is 5.94. The summed E-state index contributed by atoms with van der Waals surface area (Å²) in [6.07, 6.45) is 4.94. The Hall–Kier alpha value is -1.06. The van der Waals surface area contributed by atoms with E-state index in [9.17, 15) is 0 Å². The number of hydrogen-bond donors (Lipinski definition) is 1. The SMILES string of the molecule is CN(CCCc1ccccc1N)CCOCC1CC1. The third kappa shape index (κ3) is 5.62. The summed E-state index contributed by atoms with van der Waals surface area (Å²) in [6.45, 7) is 3.95. The Balaban J connectivity index is 1.53. The third-order valence-corrected chi connectivity index (χ3v) is 3.71. The van der Waals surface area contributed by atoms with Crippen molar-refractivity contribution in [3.63, 3.8) is 0 Å². The Morgan fingerprint density at radius 1 is 1.26 bits per heavy atom. The molecule has 1 aromatic rings. The van der Waals surface area contributed by atoms with E-state index in [0.717, 1.165) is 50.8 Å². The van der Waals surface area contributed by atoms with Gasteiger partial charge < -0.3 is 15.4 Å². The van der Waals surface area contributed by atoms with Crippen molar-refractivity contribution in [2.24, 2.45) is 5.92 Å². The van der Waals surface area contributed by atoms with Gasteiger partial charge in [0.1, 0.15) is 0 Å².